The molecular formula is C24H21ClN2O5S. The summed E-state index contributed by atoms with van der Waals surface area (Å²) in [4.78, 5) is 25.8. The van der Waals surface area contributed by atoms with Crippen LogP contribution in [0.25, 0.3) is 0 Å². The zero-order chi connectivity index (χ0) is 23.8. The van der Waals surface area contributed by atoms with Crippen molar-refractivity contribution < 1.29 is 22.7 Å². The fraction of sp³-hybridized carbons (Fsp3) is 0.167. The Bertz CT molecular complexity index is 1340. The zero-order valence-electron chi connectivity index (χ0n) is 17.9. The summed E-state index contributed by atoms with van der Waals surface area (Å²) in [6, 6.07) is 20.2. The molecular weight excluding hydrogens is 464 g/mol. The Hall–Kier alpha value is -3.36. The summed E-state index contributed by atoms with van der Waals surface area (Å²) in [6.07, 6.45) is 0. The maximum atomic E-state index is 13.0. The minimum absolute atomic E-state index is 0.0475. The molecule has 0 aliphatic carbocycles. The van der Waals surface area contributed by atoms with Crippen LogP contribution in [-0.2, 0) is 14.8 Å². The lowest BCUT2D eigenvalue weighted by atomic mass is 9.95. The molecule has 0 unspecified atom stereocenters. The highest BCUT2D eigenvalue weighted by molar-refractivity contribution is 7.94. The Morgan fingerprint density at radius 1 is 1.03 bits per heavy atom. The quantitative estimate of drug-likeness (QED) is 0.544. The number of para-hydroxylation sites is 3. The maximum Gasteiger partial charge on any atom is 0.255 e. The van der Waals surface area contributed by atoms with Crippen LogP contribution in [0.3, 0.4) is 0 Å². The van der Waals surface area contributed by atoms with E-state index in [0.717, 1.165) is 0 Å². The number of hydrogen-bond donors (Lipinski definition) is 1. The van der Waals surface area contributed by atoms with E-state index in [1.807, 2.05) is 18.2 Å². The first-order chi connectivity index (χ1) is 15.6. The van der Waals surface area contributed by atoms with E-state index in [4.69, 9.17) is 16.3 Å². The minimum atomic E-state index is -3.91. The lowest BCUT2D eigenvalue weighted by Gasteiger charge is -2.19. The lowest BCUT2D eigenvalue weighted by molar-refractivity contribution is -0.123. The number of sulfonamides is 1. The van der Waals surface area contributed by atoms with E-state index in [2.05, 4.69) is 5.32 Å². The third-order valence-electron chi connectivity index (χ3n) is 5.12. The first kappa shape index (κ1) is 22.8. The van der Waals surface area contributed by atoms with Crippen molar-refractivity contribution in [3.05, 3.63) is 83.4 Å². The first-order valence-electron chi connectivity index (χ1n) is 10.1. The molecule has 4 rings (SSSR count). The van der Waals surface area contributed by atoms with Gasteiger partial charge in [-0.05, 0) is 56.3 Å². The monoisotopic (exact) mass is 484 g/mol. The van der Waals surface area contributed by atoms with Gasteiger partial charge in [-0.25, -0.2) is 12.7 Å². The second-order valence-corrected chi connectivity index (χ2v) is 10.5. The Morgan fingerprint density at radius 3 is 2.36 bits per heavy atom. The normalized spacial score (nSPS) is 16.5. The Balaban J connectivity index is 1.63. The van der Waals surface area contributed by atoms with Gasteiger partial charge in [0.1, 0.15) is 5.75 Å². The van der Waals surface area contributed by atoms with Gasteiger partial charge in [0, 0.05) is 5.56 Å². The van der Waals surface area contributed by atoms with Gasteiger partial charge in [0.2, 0.25) is 15.9 Å². The van der Waals surface area contributed by atoms with Crippen molar-refractivity contribution in [1.29, 1.82) is 0 Å². The number of carbonyl (C=O) groups excluding carboxylic acids is 2. The van der Waals surface area contributed by atoms with Crippen molar-refractivity contribution in [2.45, 2.75) is 13.8 Å². The molecule has 33 heavy (non-hydrogen) atoms. The number of halogens is 1. The van der Waals surface area contributed by atoms with Gasteiger partial charge in [-0.3, -0.25) is 9.59 Å². The van der Waals surface area contributed by atoms with Crippen LogP contribution in [-0.4, -0.2) is 26.0 Å². The third-order valence-corrected chi connectivity index (χ3v) is 7.44. The average Bonchev–Trinajstić information content (AvgIpc) is 2.93. The van der Waals surface area contributed by atoms with Gasteiger partial charge < -0.3 is 10.1 Å². The van der Waals surface area contributed by atoms with E-state index in [0.29, 0.717) is 21.5 Å². The highest BCUT2D eigenvalue weighted by atomic mass is 35.5. The predicted molar refractivity (Wildman–Crippen MR) is 127 cm³/mol. The molecule has 0 radical (unpaired) electrons. The standard InChI is InChI=1S/C24H21ClN2O5S/c1-24(2)15-33(30,31)27(23(24)29)20-14-16(12-13-18(20)25)22(28)26-19-10-6-7-11-21(19)32-17-8-4-3-5-9-17/h3-14H,15H2,1-2H3,(H,26,28). The van der Waals surface area contributed by atoms with Gasteiger partial charge in [0.05, 0.1) is 27.6 Å². The van der Waals surface area contributed by atoms with Gasteiger partial charge in [-0.1, -0.05) is 41.9 Å². The number of ether oxygens (including phenoxy) is 1. The average molecular weight is 485 g/mol. The molecule has 1 aliphatic heterocycles. The van der Waals surface area contributed by atoms with Crippen LogP contribution in [0.4, 0.5) is 11.4 Å². The second kappa shape index (κ2) is 8.53. The van der Waals surface area contributed by atoms with Crippen molar-refractivity contribution in [2.24, 2.45) is 5.41 Å². The van der Waals surface area contributed by atoms with Gasteiger partial charge in [0.25, 0.3) is 5.91 Å². The van der Waals surface area contributed by atoms with Gasteiger partial charge >= 0.3 is 0 Å². The van der Waals surface area contributed by atoms with E-state index in [1.54, 1.807) is 50.2 Å². The predicted octanol–water partition coefficient (Wildman–Crippen LogP) is 5.09. The number of rotatable bonds is 5. The first-order valence-corrected chi connectivity index (χ1v) is 12.1. The van der Waals surface area contributed by atoms with Crippen molar-refractivity contribution in [1.82, 2.24) is 0 Å². The number of amides is 2. The van der Waals surface area contributed by atoms with Crippen LogP contribution in [0.2, 0.25) is 5.02 Å². The lowest BCUT2D eigenvalue weighted by Crippen LogP contribution is -2.33. The number of anilines is 2. The number of hydrogen-bond acceptors (Lipinski definition) is 5. The molecule has 9 heteroatoms. The molecule has 1 fully saturated rings. The number of benzene rings is 3. The highest BCUT2D eigenvalue weighted by Crippen LogP contribution is 2.39. The molecule has 1 aliphatic rings. The van der Waals surface area contributed by atoms with Crippen LogP contribution >= 0.6 is 11.6 Å². The van der Waals surface area contributed by atoms with Crippen LogP contribution in [0.15, 0.2) is 72.8 Å². The van der Waals surface area contributed by atoms with Crippen LogP contribution in [0.1, 0.15) is 24.2 Å². The molecule has 3 aromatic carbocycles. The molecule has 2 amide bonds. The zero-order valence-corrected chi connectivity index (χ0v) is 19.5. The molecule has 170 valence electrons. The fourth-order valence-corrected chi connectivity index (χ4v) is 5.89. The fourth-order valence-electron chi connectivity index (χ4n) is 3.52. The summed E-state index contributed by atoms with van der Waals surface area (Å²) in [6.45, 7) is 3.11. The summed E-state index contributed by atoms with van der Waals surface area (Å²) in [5.41, 5.74) is -0.576. The molecule has 0 bridgehead atoms. The summed E-state index contributed by atoms with van der Waals surface area (Å²) in [7, 11) is -3.91. The topological polar surface area (TPSA) is 92.8 Å². The Kier molecular flexibility index (Phi) is 5.90. The van der Waals surface area contributed by atoms with Crippen molar-refractivity contribution in [3.8, 4) is 11.5 Å². The van der Waals surface area contributed by atoms with Crippen LogP contribution < -0.4 is 14.4 Å². The van der Waals surface area contributed by atoms with Crippen molar-refractivity contribution >= 4 is 44.8 Å². The number of carbonyl (C=O) groups is 2. The highest BCUT2D eigenvalue weighted by Gasteiger charge is 2.50. The van der Waals surface area contributed by atoms with Crippen LogP contribution in [0, 0.1) is 5.41 Å². The van der Waals surface area contributed by atoms with Crippen molar-refractivity contribution in [2.75, 3.05) is 15.4 Å². The smallest absolute Gasteiger partial charge is 0.255 e. The van der Waals surface area contributed by atoms with Crippen molar-refractivity contribution in [3.63, 3.8) is 0 Å². The Labute approximate surface area is 197 Å². The maximum absolute atomic E-state index is 13.0. The van der Waals surface area contributed by atoms with E-state index < -0.39 is 27.3 Å². The summed E-state index contributed by atoms with van der Waals surface area (Å²) in [5.74, 6) is -0.405. The van der Waals surface area contributed by atoms with Gasteiger partial charge in [-0.2, -0.15) is 0 Å². The molecule has 1 heterocycles. The molecule has 0 atom stereocenters. The molecule has 0 aromatic heterocycles. The Morgan fingerprint density at radius 2 is 1.70 bits per heavy atom. The molecule has 0 spiro atoms. The molecule has 3 aromatic rings. The summed E-state index contributed by atoms with van der Waals surface area (Å²) >= 11 is 6.23. The SMILES string of the molecule is CC1(C)CS(=O)(=O)N(c2cc(C(=O)Nc3ccccc3Oc3ccccc3)ccc2Cl)C1=O. The van der Waals surface area contributed by atoms with E-state index in [-0.39, 0.29) is 22.0 Å². The minimum Gasteiger partial charge on any atom is -0.455 e. The third kappa shape index (κ3) is 4.58. The van der Waals surface area contributed by atoms with E-state index in [1.165, 1.54) is 18.2 Å². The van der Waals surface area contributed by atoms with Crippen LogP contribution in [0.5, 0.6) is 11.5 Å². The molecule has 0 saturated carbocycles. The summed E-state index contributed by atoms with van der Waals surface area (Å²) < 4.78 is 31.9. The van der Waals surface area contributed by atoms with Gasteiger partial charge in [-0.15, -0.1) is 0 Å². The number of nitrogens with one attached hydrogen (secondary N) is 1. The second-order valence-electron chi connectivity index (χ2n) is 8.24. The molecule has 1 saturated heterocycles. The van der Waals surface area contributed by atoms with Gasteiger partial charge in [0.15, 0.2) is 5.75 Å². The molecule has 7 nitrogen and oxygen atoms in total. The number of nitrogens with zero attached hydrogens (tertiary/aromatic N) is 1. The molecule has 1 N–H and O–H groups in total. The van der Waals surface area contributed by atoms with E-state index >= 15 is 0 Å². The largest absolute Gasteiger partial charge is 0.455 e. The summed E-state index contributed by atoms with van der Waals surface area (Å²) in [5, 5.41) is 2.82. The van der Waals surface area contributed by atoms with E-state index in [9.17, 15) is 18.0 Å².